The van der Waals surface area contributed by atoms with Crippen LogP contribution in [0.25, 0.3) is 0 Å². The van der Waals surface area contributed by atoms with Crippen LogP contribution in [0.15, 0.2) is 30.6 Å². The number of anilines is 1. The second kappa shape index (κ2) is 3.65. The van der Waals surface area contributed by atoms with Gasteiger partial charge in [-0.05, 0) is 31.0 Å². The fraction of sp³-hybridized carbons (Fsp3) is 0.333. The summed E-state index contributed by atoms with van der Waals surface area (Å²) < 4.78 is 0. The van der Waals surface area contributed by atoms with E-state index < -0.39 is 0 Å². The molecule has 1 aliphatic heterocycles. The third-order valence-corrected chi connectivity index (χ3v) is 2.81. The topological polar surface area (TPSA) is 6.48 Å². The van der Waals surface area contributed by atoms with Gasteiger partial charge in [0.05, 0.1) is 6.07 Å². The van der Waals surface area contributed by atoms with E-state index in [1.54, 1.807) is 0 Å². The molecule has 0 saturated carbocycles. The number of hydrogen-bond acceptors (Lipinski definition) is 2. The number of nitrogens with zero attached hydrogens (tertiary/aromatic N) is 2. The molecule has 0 fully saturated rings. The molecule has 0 amide bonds. The molecule has 1 aromatic rings. The van der Waals surface area contributed by atoms with Crippen molar-refractivity contribution in [1.29, 1.82) is 0 Å². The molecule has 0 aliphatic carbocycles. The quantitative estimate of drug-likeness (QED) is 0.636. The highest BCUT2D eigenvalue weighted by molar-refractivity contribution is 6.13. The fourth-order valence-corrected chi connectivity index (χ4v) is 1.77. The van der Waals surface area contributed by atoms with Gasteiger partial charge in [0.1, 0.15) is 7.85 Å². The van der Waals surface area contributed by atoms with E-state index in [0.29, 0.717) is 0 Å². The third kappa shape index (κ3) is 1.74. The van der Waals surface area contributed by atoms with Gasteiger partial charge < -0.3 is 9.80 Å². The van der Waals surface area contributed by atoms with Gasteiger partial charge in [-0.2, -0.15) is 0 Å². The molecule has 1 aliphatic rings. The first-order valence-corrected chi connectivity index (χ1v) is 5.11. The van der Waals surface area contributed by atoms with Crippen molar-refractivity contribution in [2.45, 2.75) is 19.9 Å². The Balaban J connectivity index is 2.38. The minimum Gasteiger partial charge on any atom is -0.367 e. The molecule has 2 rings (SSSR count). The largest absolute Gasteiger partial charge is 0.367 e. The summed E-state index contributed by atoms with van der Waals surface area (Å²) in [7, 11) is 8.04. The summed E-state index contributed by atoms with van der Waals surface area (Å²) in [6.45, 7) is 4.20. The molecular formula is C12H15BN2. The fourth-order valence-electron chi connectivity index (χ4n) is 1.77. The second-order valence-electron chi connectivity index (χ2n) is 4.07. The van der Waals surface area contributed by atoms with Crippen molar-refractivity contribution in [3.8, 4) is 0 Å². The summed E-state index contributed by atoms with van der Waals surface area (Å²) in [6, 6.07) is 6.32. The molecule has 76 valence electrons. The lowest BCUT2D eigenvalue weighted by Crippen LogP contribution is -2.37. The maximum Gasteiger partial charge on any atom is 0.130 e. The first-order valence-electron chi connectivity index (χ1n) is 5.11. The molecule has 1 unspecified atom stereocenters. The normalized spacial score (nSPS) is 20.1. The molecule has 0 N–H and O–H groups in total. The van der Waals surface area contributed by atoms with Crippen molar-refractivity contribution < 1.29 is 0 Å². The van der Waals surface area contributed by atoms with Crippen LogP contribution in [0.5, 0.6) is 0 Å². The predicted molar refractivity (Wildman–Crippen MR) is 64.8 cm³/mol. The average molecular weight is 198 g/mol. The van der Waals surface area contributed by atoms with Gasteiger partial charge >= 0.3 is 0 Å². The predicted octanol–water partition coefficient (Wildman–Crippen LogP) is 1.98. The number of aryl methyl sites for hydroxylation is 2. The van der Waals surface area contributed by atoms with Gasteiger partial charge in [-0.15, -0.1) is 0 Å². The van der Waals surface area contributed by atoms with Crippen molar-refractivity contribution in [2.75, 3.05) is 11.9 Å². The SMILES string of the molecule is [B]C1N(C)C=CN1c1cc(C)ccc1C. The lowest BCUT2D eigenvalue weighted by atomic mass is 10.0. The van der Waals surface area contributed by atoms with E-state index >= 15 is 0 Å². The molecule has 2 radical (unpaired) electrons. The van der Waals surface area contributed by atoms with Crippen molar-refractivity contribution >= 4 is 13.5 Å². The average Bonchev–Trinajstić information content (AvgIpc) is 2.52. The smallest absolute Gasteiger partial charge is 0.130 e. The molecule has 1 aromatic carbocycles. The van der Waals surface area contributed by atoms with Crippen LogP contribution in [0.4, 0.5) is 5.69 Å². The van der Waals surface area contributed by atoms with E-state index in [2.05, 4.69) is 36.9 Å². The standard InChI is InChI=1S/C12H15BN2/c1-9-4-5-10(2)11(8-9)15-7-6-14(3)12(15)13/h4-8,12H,1-3H3. The van der Waals surface area contributed by atoms with E-state index in [0.717, 1.165) is 0 Å². The summed E-state index contributed by atoms with van der Waals surface area (Å²) in [5, 5.41) is 0. The second-order valence-corrected chi connectivity index (χ2v) is 4.07. The van der Waals surface area contributed by atoms with Crippen LogP contribution in [-0.4, -0.2) is 25.9 Å². The zero-order valence-electron chi connectivity index (χ0n) is 9.44. The highest BCUT2D eigenvalue weighted by Crippen LogP contribution is 2.26. The van der Waals surface area contributed by atoms with Gasteiger partial charge in [-0.3, -0.25) is 0 Å². The Morgan fingerprint density at radius 2 is 1.93 bits per heavy atom. The molecule has 15 heavy (non-hydrogen) atoms. The van der Waals surface area contributed by atoms with Crippen LogP contribution in [0.2, 0.25) is 0 Å². The molecule has 3 heteroatoms. The molecule has 0 aromatic heterocycles. The molecule has 1 atom stereocenters. The van der Waals surface area contributed by atoms with Crippen LogP contribution in [0.1, 0.15) is 11.1 Å². The van der Waals surface area contributed by atoms with E-state index in [4.69, 9.17) is 7.85 Å². The number of rotatable bonds is 1. The van der Waals surface area contributed by atoms with Gasteiger partial charge in [0.2, 0.25) is 0 Å². The zero-order valence-corrected chi connectivity index (χ0v) is 9.44. The van der Waals surface area contributed by atoms with Gasteiger partial charge in [0, 0.05) is 25.1 Å². The van der Waals surface area contributed by atoms with E-state index in [1.807, 2.05) is 24.3 Å². The lowest BCUT2D eigenvalue weighted by molar-refractivity contribution is 0.452. The minimum absolute atomic E-state index is 0.0921. The summed E-state index contributed by atoms with van der Waals surface area (Å²) in [6.07, 6.45) is 4.01. The monoisotopic (exact) mass is 198 g/mol. The Bertz CT molecular complexity index is 401. The summed E-state index contributed by atoms with van der Waals surface area (Å²) >= 11 is 0. The van der Waals surface area contributed by atoms with Crippen LogP contribution in [-0.2, 0) is 0 Å². The summed E-state index contributed by atoms with van der Waals surface area (Å²) in [5.41, 5.74) is 3.69. The third-order valence-electron chi connectivity index (χ3n) is 2.81. The molecule has 0 bridgehead atoms. The van der Waals surface area contributed by atoms with Crippen molar-refractivity contribution in [2.24, 2.45) is 0 Å². The molecule has 2 nitrogen and oxygen atoms in total. The van der Waals surface area contributed by atoms with Crippen molar-refractivity contribution in [3.05, 3.63) is 41.7 Å². The van der Waals surface area contributed by atoms with Crippen LogP contribution in [0.3, 0.4) is 0 Å². The van der Waals surface area contributed by atoms with Crippen molar-refractivity contribution in [1.82, 2.24) is 4.90 Å². The number of hydrogen-bond donors (Lipinski definition) is 0. The van der Waals surface area contributed by atoms with Crippen molar-refractivity contribution in [3.63, 3.8) is 0 Å². The van der Waals surface area contributed by atoms with Gasteiger partial charge in [-0.25, -0.2) is 0 Å². The van der Waals surface area contributed by atoms with E-state index in [-0.39, 0.29) is 6.07 Å². The molecule has 1 heterocycles. The highest BCUT2D eigenvalue weighted by atomic mass is 15.4. The molecular weight excluding hydrogens is 183 g/mol. The molecule has 0 saturated heterocycles. The highest BCUT2D eigenvalue weighted by Gasteiger charge is 2.20. The minimum atomic E-state index is -0.0921. The Morgan fingerprint density at radius 3 is 2.53 bits per heavy atom. The maximum atomic E-state index is 6.06. The first-order chi connectivity index (χ1) is 7.09. The summed E-state index contributed by atoms with van der Waals surface area (Å²) in [5.74, 6) is 0. The Kier molecular flexibility index (Phi) is 2.47. The molecule has 0 spiro atoms. The van der Waals surface area contributed by atoms with E-state index in [1.165, 1.54) is 16.8 Å². The van der Waals surface area contributed by atoms with Gasteiger partial charge in [0.25, 0.3) is 0 Å². The Morgan fingerprint density at radius 1 is 1.20 bits per heavy atom. The van der Waals surface area contributed by atoms with E-state index in [9.17, 15) is 0 Å². The summed E-state index contributed by atoms with van der Waals surface area (Å²) in [4.78, 5) is 4.07. The Labute approximate surface area is 92.6 Å². The van der Waals surface area contributed by atoms with Crippen LogP contribution >= 0.6 is 0 Å². The zero-order chi connectivity index (χ0) is 11.0. The van der Waals surface area contributed by atoms with Crippen LogP contribution in [0, 0.1) is 13.8 Å². The first kappa shape index (κ1) is 10.2. The Hall–Kier alpha value is -1.38. The van der Waals surface area contributed by atoms with Gasteiger partial charge in [0.15, 0.2) is 0 Å². The van der Waals surface area contributed by atoms with Gasteiger partial charge in [-0.1, -0.05) is 12.1 Å². The maximum absolute atomic E-state index is 6.06. The van der Waals surface area contributed by atoms with Crippen LogP contribution < -0.4 is 4.90 Å². The number of benzene rings is 1. The lowest BCUT2D eigenvalue weighted by Gasteiger charge is -2.29.